The van der Waals surface area contributed by atoms with Crippen LogP contribution in [0.3, 0.4) is 0 Å². The predicted octanol–water partition coefficient (Wildman–Crippen LogP) is 1.83. The van der Waals surface area contributed by atoms with Gasteiger partial charge in [0.15, 0.2) is 0 Å². The average molecular weight is 175 g/mol. The smallest absolute Gasteiger partial charge is 0.146 e. The lowest BCUT2D eigenvalue weighted by atomic mass is 9.86. The van der Waals surface area contributed by atoms with E-state index < -0.39 is 0 Å². The second-order valence-electron chi connectivity index (χ2n) is 3.99. The summed E-state index contributed by atoms with van der Waals surface area (Å²) in [5, 5.41) is 8.84. The van der Waals surface area contributed by atoms with Crippen molar-refractivity contribution in [2.45, 2.75) is 26.2 Å². The molecule has 0 atom stereocenters. The Labute approximate surface area is 78.2 Å². The molecule has 0 unspecified atom stereocenters. The Balaban J connectivity index is 3.32. The van der Waals surface area contributed by atoms with Crippen molar-refractivity contribution in [3.05, 3.63) is 23.4 Å². The number of nitrogens with zero attached hydrogens (tertiary/aromatic N) is 2. The molecule has 3 nitrogen and oxygen atoms in total. The van der Waals surface area contributed by atoms with E-state index >= 15 is 0 Å². The van der Waals surface area contributed by atoms with E-state index in [1.807, 2.05) is 26.8 Å². The predicted molar refractivity (Wildman–Crippen MR) is 52.1 cm³/mol. The summed E-state index contributed by atoms with van der Waals surface area (Å²) < 4.78 is 0. The number of nitrogens with two attached hydrogens (primary N) is 1. The van der Waals surface area contributed by atoms with Gasteiger partial charge >= 0.3 is 0 Å². The maximum atomic E-state index is 8.84. The highest BCUT2D eigenvalue weighted by Crippen LogP contribution is 2.24. The molecule has 0 amide bonds. The van der Waals surface area contributed by atoms with Crippen LogP contribution in [0.2, 0.25) is 0 Å². The number of nitrogen functional groups attached to an aromatic ring is 1. The molecule has 0 radical (unpaired) electrons. The molecule has 3 heteroatoms. The van der Waals surface area contributed by atoms with Crippen LogP contribution in [-0.4, -0.2) is 4.98 Å². The van der Waals surface area contributed by atoms with Crippen molar-refractivity contribution in [2.75, 3.05) is 5.73 Å². The van der Waals surface area contributed by atoms with E-state index in [1.54, 1.807) is 6.07 Å². The molecular weight excluding hydrogens is 162 g/mol. The van der Waals surface area contributed by atoms with Crippen LogP contribution in [0.25, 0.3) is 0 Å². The molecule has 1 rings (SSSR count). The number of hydrogen-bond acceptors (Lipinski definition) is 3. The van der Waals surface area contributed by atoms with Gasteiger partial charge < -0.3 is 5.73 Å². The number of nitriles is 1. The summed E-state index contributed by atoms with van der Waals surface area (Å²) in [6.45, 7) is 6.13. The summed E-state index contributed by atoms with van der Waals surface area (Å²) in [6, 6.07) is 5.64. The fourth-order valence-electron chi connectivity index (χ4n) is 1.16. The van der Waals surface area contributed by atoms with Crippen LogP contribution in [0.4, 0.5) is 5.82 Å². The van der Waals surface area contributed by atoms with E-state index in [0.717, 1.165) is 5.56 Å². The fraction of sp³-hybridized carbons (Fsp3) is 0.400. The summed E-state index contributed by atoms with van der Waals surface area (Å²) in [7, 11) is 0. The van der Waals surface area contributed by atoms with Crippen LogP contribution in [0, 0.1) is 11.3 Å². The van der Waals surface area contributed by atoms with Crippen molar-refractivity contribution in [1.82, 2.24) is 4.98 Å². The van der Waals surface area contributed by atoms with Gasteiger partial charge in [-0.2, -0.15) is 5.26 Å². The van der Waals surface area contributed by atoms with Gasteiger partial charge in [0.05, 0.1) is 0 Å². The van der Waals surface area contributed by atoms with E-state index in [4.69, 9.17) is 11.0 Å². The minimum absolute atomic E-state index is 0.0637. The van der Waals surface area contributed by atoms with Crippen LogP contribution in [0.5, 0.6) is 0 Å². The lowest BCUT2D eigenvalue weighted by Crippen LogP contribution is -2.14. The summed E-state index contributed by atoms with van der Waals surface area (Å²) in [5.41, 5.74) is 6.78. The third kappa shape index (κ3) is 1.97. The molecule has 0 bridgehead atoms. The molecule has 1 heterocycles. The molecule has 0 aliphatic carbocycles. The second-order valence-corrected chi connectivity index (χ2v) is 3.99. The Hall–Kier alpha value is -1.56. The summed E-state index contributed by atoms with van der Waals surface area (Å²) in [5.74, 6) is 0.393. The minimum atomic E-state index is -0.0637. The van der Waals surface area contributed by atoms with Crippen LogP contribution in [0.1, 0.15) is 32.0 Å². The Kier molecular flexibility index (Phi) is 2.24. The zero-order chi connectivity index (χ0) is 10.1. The Morgan fingerprint density at radius 3 is 2.46 bits per heavy atom. The van der Waals surface area contributed by atoms with Gasteiger partial charge in [-0.05, 0) is 17.0 Å². The second kappa shape index (κ2) is 3.06. The van der Waals surface area contributed by atoms with E-state index in [-0.39, 0.29) is 5.41 Å². The number of pyridine rings is 1. The van der Waals surface area contributed by atoms with Crippen LogP contribution >= 0.6 is 0 Å². The normalized spacial score (nSPS) is 10.9. The first-order chi connectivity index (χ1) is 5.95. The first kappa shape index (κ1) is 9.53. The molecule has 0 spiro atoms. The summed E-state index contributed by atoms with van der Waals surface area (Å²) in [4.78, 5) is 3.97. The average Bonchev–Trinajstić information content (AvgIpc) is 2.01. The topological polar surface area (TPSA) is 62.7 Å². The third-order valence-corrected chi connectivity index (χ3v) is 1.83. The first-order valence-electron chi connectivity index (χ1n) is 4.12. The molecule has 0 aliphatic heterocycles. The zero-order valence-corrected chi connectivity index (χ0v) is 8.13. The maximum Gasteiger partial charge on any atom is 0.146 e. The molecule has 0 aliphatic rings. The largest absolute Gasteiger partial charge is 0.384 e. The first-order valence-corrected chi connectivity index (χ1v) is 4.12. The zero-order valence-electron chi connectivity index (χ0n) is 8.13. The Bertz CT molecular complexity index is 355. The molecule has 13 heavy (non-hydrogen) atoms. The van der Waals surface area contributed by atoms with Crippen molar-refractivity contribution in [2.24, 2.45) is 0 Å². The standard InChI is InChI=1S/C10H13N3/c1-10(2,3)7-4-5-9(12)13-8(7)6-11/h4-5H,1-3H3,(H2,12,13). The maximum absolute atomic E-state index is 8.84. The minimum Gasteiger partial charge on any atom is -0.384 e. The van der Waals surface area contributed by atoms with Crippen molar-refractivity contribution in [1.29, 1.82) is 5.26 Å². The van der Waals surface area contributed by atoms with Gasteiger partial charge in [-0.25, -0.2) is 4.98 Å². The van der Waals surface area contributed by atoms with Crippen molar-refractivity contribution >= 4 is 5.82 Å². The number of hydrogen-bond donors (Lipinski definition) is 1. The Morgan fingerprint density at radius 2 is 2.00 bits per heavy atom. The molecule has 0 saturated heterocycles. The van der Waals surface area contributed by atoms with Gasteiger partial charge in [-0.1, -0.05) is 26.8 Å². The lowest BCUT2D eigenvalue weighted by molar-refractivity contribution is 0.585. The number of anilines is 1. The molecule has 0 aromatic carbocycles. The Morgan fingerprint density at radius 1 is 1.38 bits per heavy atom. The van der Waals surface area contributed by atoms with Gasteiger partial charge in [0, 0.05) is 0 Å². The molecule has 1 aromatic rings. The number of rotatable bonds is 0. The van der Waals surface area contributed by atoms with E-state index in [1.165, 1.54) is 0 Å². The lowest BCUT2D eigenvalue weighted by Gasteiger charge is -2.19. The van der Waals surface area contributed by atoms with E-state index in [9.17, 15) is 0 Å². The van der Waals surface area contributed by atoms with Crippen LogP contribution < -0.4 is 5.73 Å². The van der Waals surface area contributed by atoms with Gasteiger partial charge in [-0.3, -0.25) is 0 Å². The summed E-state index contributed by atoms with van der Waals surface area (Å²) >= 11 is 0. The number of aromatic nitrogens is 1. The quantitative estimate of drug-likeness (QED) is 0.654. The molecule has 2 N–H and O–H groups in total. The summed E-state index contributed by atoms with van der Waals surface area (Å²) in [6.07, 6.45) is 0. The van der Waals surface area contributed by atoms with Crippen LogP contribution in [-0.2, 0) is 5.41 Å². The van der Waals surface area contributed by atoms with Crippen molar-refractivity contribution < 1.29 is 0 Å². The highest BCUT2D eigenvalue weighted by atomic mass is 14.8. The molecule has 0 fully saturated rings. The fourth-order valence-corrected chi connectivity index (χ4v) is 1.16. The monoisotopic (exact) mass is 175 g/mol. The van der Waals surface area contributed by atoms with Gasteiger partial charge in [0.25, 0.3) is 0 Å². The molecule has 1 aromatic heterocycles. The SMILES string of the molecule is CC(C)(C)c1ccc(N)nc1C#N. The van der Waals surface area contributed by atoms with Gasteiger partial charge in [-0.15, -0.1) is 0 Å². The van der Waals surface area contributed by atoms with Crippen molar-refractivity contribution in [3.8, 4) is 6.07 Å². The molecule has 0 saturated carbocycles. The molecular formula is C10H13N3. The van der Waals surface area contributed by atoms with Crippen LogP contribution in [0.15, 0.2) is 12.1 Å². The highest BCUT2D eigenvalue weighted by Gasteiger charge is 2.18. The van der Waals surface area contributed by atoms with E-state index in [0.29, 0.717) is 11.5 Å². The highest BCUT2D eigenvalue weighted by molar-refractivity contribution is 5.42. The van der Waals surface area contributed by atoms with E-state index in [2.05, 4.69) is 11.1 Å². The van der Waals surface area contributed by atoms with Gasteiger partial charge in [0.2, 0.25) is 0 Å². The van der Waals surface area contributed by atoms with Crippen molar-refractivity contribution in [3.63, 3.8) is 0 Å². The van der Waals surface area contributed by atoms with Gasteiger partial charge in [0.1, 0.15) is 17.6 Å². The third-order valence-electron chi connectivity index (χ3n) is 1.83. The molecule has 68 valence electrons.